The molecule has 0 bridgehead atoms. The van der Waals surface area contributed by atoms with Gasteiger partial charge in [-0.1, -0.05) is 59.6 Å². The summed E-state index contributed by atoms with van der Waals surface area (Å²) in [7, 11) is 1.61. The topological polar surface area (TPSA) is 67.9 Å². The molecule has 202 valence electrons. The monoisotopic (exact) mass is 556 g/mol. The second kappa shape index (κ2) is 14.6. The highest BCUT2D eigenvalue weighted by Crippen LogP contribution is 2.28. The van der Waals surface area contributed by atoms with Crippen molar-refractivity contribution < 1.29 is 19.1 Å². The van der Waals surface area contributed by atoms with Crippen molar-refractivity contribution in [2.75, 3.05) is 13.7 Å². The molecule has 1 N–H and O–H groups in total. The highest BCUT2D eigenvalue weighted by atomic mass is 35.5. The van der Waals surface area contributed by atoms with Crippen molar-refractivity contribution in [1.82, 2.24) is 10.2 Å². The number of methoxy groups -OCH3 is 1. The van der Waals surface area contributed by atoms with Crippen LogP contribution in [0.5, 0.6) is 11.5 Å². The Labute approximate surface area is 234 Å². The number of nitrogens with zero attached hydrogens (tertiary/aromatic N) is 1. The molecular formula is C30H34Cl2N2O4. The van der Waals surface area contributed by atoms with Crippen LogP contribution in [0.15, 0.2) is 72.8 Å². The van der Waals surface area contributed by atoms with Gasteiger partial charge in [-0.25, -0.2) is 0 Å². The highest BCUT2D eigenvalue weighted by molar-refractivity contribution is 6.36. The van der Waals surface area contributed by atoms with Crippen molar-refractivity contribution >= 4 is 35.0 Å². The molecule has 3 aromatic rings. The van der Waals surface area contributed by atoms with Gasteiger partial charge in [0.1, 0.15) is 17.5 Å². The molecule has 3 aromatic carbocycles. The van der Waals surface area contributed by atoms with E-state index in [-0.39, 0.29) is 30.8 Å². The van der Waals surface area contributed by atoms with Gasteiger partial charge in [-0.3, -0.25) is 9.59 Å². The summed E-state index contributed by atoms with van der Waals surface area (Å²) in [6.45, 7) is 4.25. The third kappa shape index (κ3) is 8.67. The first kappa shape index (κ1) is 29.3. The van der Waals surface area contributed by atoms with Crippen molar-refractivity contribution in [2.24, 2.45) is 0 Å². The summed E-state index contributed by atoms with van der Waals surface area (Å²) >= 11 is 12.9. The molecule has 0 radical (unpaired) electrons. The van der Waals surface area contributed by atoms with Crippen LogP contribution in [0, 0.1) is 0 Å². The van der Waals surface area contributed by atoms with Crippen LogP contribution >= 0.6 is 23.2 Å². The Balaban J connectivity index is 1.81. The fraction of sp³-hybridized carbons (Fsp3) is 0.333. The Morgan fingerprint density at radius 2 is 1.53 bits per heavy atom. The van der Waals surface area contributed by atoms with Crippen molar-refractivity contribution in [1.29, 1.82) is 0 Å². The zero-order valence-electron chi connectivity index (χ0n) is 22.0. The standard InChI is InChI=1S/C30H34Cl2N2O4/c1-21(2)33-30(36)28(19-22-9-5-4-6-10-22)34(20-25-26(31)11-7-12-27(25)32)29(35)13-8-18-38-24-16-14-23(37-3)15-17-24/h4-7,9-12,14-17,21,28H,8,13,18-20H2,1-3H3,(H,33,36)/t28-/m1/s1. The van der Waals surface area contributed by atoms with Gasteiger partial charge in [0.15, 0.2) is 0 Å². The second-order valence-electron chi connectivity index (χ2n) is 9.22. The number of carbonyl (C=O) groups is 2. The van der Waals surface area contributed by atoms with Crippen LogP contribution in [0.1, 0.15) is 37.8 Å². The van der Waals surface area contributed by atoms with Gasteiger partial charge in [-0.05, 0) is 62.2 Å². The van der Waals surface area contributed by atoms with Crippen LogP contribution in [-0.4, -0.2) is 42.5 Å². The number of benzene rings is 3. The van der Waals surface area contributed by atoms with Gasteiger partial charge in [0.2, 0.25) is 11.8 Å². The van der Waals surface area contributed by atoms with E-state index in [1.807, 2.05) is 68.4 Å². The van der Waals surface area contributed by atoms with Crippen LogP contribution in [0.4, 0.5) is 0 Å². The maximum atomic E-state index is 13.7. The Morgan fingerprint density at radius 1 is 0.895 bits per heavy atom. The molecular weight excluding hydrogens is 523 g/mol. The number of nitrogens with one attached hydrogen (secondary N) is 1. The molecule has 3 rings (SSSR count). The highest BCUT2D eigenvalue weighted by Gasteiger charge is 2.31. The van der Waals surface area contributed by atoms with Gasteiger partial charge >= 0.3 is 0 Å². The van der Waals surface area contributed by atoms with Gasteiger partial charge in [-0.15, -0.1) is 0 Å². The number of hydrogen-bond donors (Lipinski definition) is 1. The molecule has 0 heterocycles. The van der Waals surface area contributed by atoms with E-state index in [4.69, 9.17) is 32.7 Å². The smallest absolute Gasteiger partial charge is 0.243 e. The molecule has 0 aromatic heterocycles. The van der Waals surface area contributed by atoms with Gasteiger partial charge in [0, 0.05) is 41.0 Å². The normalized spacial score (nSPS) is 11.6. The Hall–Kier alpha value is -3.22. The van der Waals surface area contributed by atoms with Crippen molar-refractivity contribution in [3.8, 4) is 11.5 Å². The molecule has 0 saturated heterocycles. The number of halogens is 2. The van der Waals surface area contributed by atoms with Crippen LogP contribution in [0.2, 0.25) is 10.0 Å². The SMILES string of the molecule is COc1ccc(OCCCC(=O)N(Cc2c(Cl)cccc2Cl)[C@H](Cc2ccccc2)C(=O)NC(C)C)cc1. The van der Waals surface area contributed by atoms with E-state index in [9.17, 15) is 9.59 Å². The first-order chi connectivity index (χ1) is 18.3. The molecule has 0 aliphatic rings. The van der Waals surface area contributed by atoms with Crippen molar-refractivity contribution in [3.63, 3.8) is 0 Å². The van der Waals surface area contributed by atoms with Gasteiger partial charge < -0.3 is 19.7 Å². The molecule has 1 atom stereocenters. The van der Waals surface area contributed by atoms with E-state index in [2.05, 4.69) is 5.32 Å². The molecule has 0 aliphatic carbocycles. The Morgan fingerprint density at radius 3 is 2.13 bits per heavy atom. The zero-order valence-corrected chi connectivity index (χ0v) is 23.5. The van der Waals surface area contributed by atoms with E-state index >= 15 is 0 Å². The third-order valence-electron chi connectivity index (χ3n) is 5.96. The molecule has 8 heteroatoms. The number of ether oxygens (including phenoxy) is 2. The predicted molar refractivity (Wildman–Crippen MR) is 152 cm³/mol. The molecule has 0 saturated carbocycles. The largest absolute Gasteiger partial charge is 0.497 e. The molecule has 0 fully saturated rings. The first-order valence-corrected chi connectivity index (χ1v) is 13.4. The summed E-state index contributed by atoms with van der Waals surface area (Å²) in [5, 5.41) is 3.87. The Kier molecular flexibility index (Phi) is 11.3. The fourth-order valence-corrected chi connectivity index (χ4v) is 4.53. The number of carbonyl (C=O) groups excluding carboxylic acids is 2. The van der Waals surface area contributed by atoms with Crippen LogP contribution in [0.3, 0.4) is 0 Å². The number of hydrogen-bond acceptors (Lipinski definition) is 4. The summed E-state index contributed by atoms with van der Waals surface area (Å²) in [6.07, 6.45) is 1.02. The van der Waals surface area contributed by atoms with Crippen molar-refractivity contribution in [2.45, 2.75) is 51.7 Å². The lowest BCUT2D eigenvalue weighted by Gasteiger charge is -2.32. The number of amides is 2. The van der Waals surface area contributed by atoms with Crippen molar-refractivity contribution in [3.05, 3.63) is 94.0 Å². The average molecular weight is 558 g/mol. The van der Waals surface area contributed by atoms with Crippen LogP contribution < -0.4 is 14.8 Å². The molecule has 0 aliphatic heterocycles. The summed E-state index contributed by atoms with van der Waals surface area (Å²) in [4.78, 5) is 28.7. The summed E-state index contributed by atoms with van der Waals surface area (Å²) < 4.78 is 11.0. The Bertz CT molecular complexity index is 1170. The summed E-state index contributed by atoms with van der Waals surface area (Å²) in [5.74, 6) is 1.02. The van der Waals surface area contributed by atoms with E-state index in [1.54, 1.807) is 30.2 Å². The first-order valence-electron chi connectivity index (χ1n) is 12.6. The lowest BCUT2D eigenvalue weighted by atomic mass is 10.0. The third-order valence-corrected chi connectivity index (χ3v) is 6.66. The summed E-state index contributed by atoms with van der Waals surface area (Å²) in [5.41, 5.74) is 1.55. The predicted octanol–water partition coefficient (Wildman–Crippen LogP) is 6.33. The van der Waals surface area contributed by atoms with E-state index in [0.717, 1.165) is 11.3 Å². The minimum absolute atomic E-state index is 0.0838. The zero-order chi connectivity index (χ0) is 27.5. The lowest BCUT2D eigenvalue weighted by Crippen LogP contribution is -2.51. The van der Waals surface area contributed by atoms with Crippen LogP contribution in [0.25, 0.3) is 0 Å². The maximum absolute atomic E-state index is 13.7. The molecule has 0 unspecified atom stereocenters. The van der Waals surface area contributed by atoms with Gasteiger partial charge in [0.05, 0.1) is 13.7 Å². The minimum atomic E-state index is -0.748. The second-order valence-corrected chi connectivity index (χ2v) is 10.0. The minimum Gasteiger partial charge on any atom is -0.497 e. The average Bonchev–Trinajstić information content (AvgIpc) is 2.90. The lowest BCUT2D eigenvalue weighted by molar-refractivity contribution is -0.141. The van der Waals surface area contributed by atoms with Crippen LogP contribution in [-0.2, 0) is 22.6 Å². The number of rotatable bonds is 13. The molecule has 6 nitrogen and oxygen atoms in total. The molecule has 0 spiro atoms. The van der Waals surface area contributed by atoms with Gasteiger partial charge in [-0.2, -0.15) is 0 Å². The van der Waals surface area contributed by atoms with E-state index < -0.39 is 6.04 Å². The quantitative estimate of drug-likeness (QED) is 0.250. The maximum Gasteiger partial charge on any atom is 0.243 e. The van der Waals surface area contributed by atoms with E-state index in [0.29, 0.717) is 40.8 Å². The molecule has 38 heavy (non-hydrogen) atoms. The molecule has 2 amide bonds. The summed E-state index contributed by atoms with van der Waals surface area (Å²) in [6, 6.07) is 21.3. The van der Waals surface area contributed by atoms with Gasteiger partial charge in [0.25, 0.3) is 0 Å². The van der Waals surface area contributed by atoms with E-state index in [1.165, 1.54) is 0 Å². The fourth-order valence-electron chi connectivity index (χ4n) is 4.02.